The Hall–Kier alpha value is -2.45. The van der Waals surface area contributed by atoms with Crippen molar-refractivity contribution in [1.82, 2.24) is 10.3 Å². The van der Waals surface area contributed by atoms with Crippen LogP contribution in [0.5, 0.6) is 0 Å². The second-order valence-corrected chi connectivity index (χ2v) is 8.15. The van der Waals surface area contributed by atoms with Gasteiger partial charge in [-0.05, 0) is 49.8 Å². The lowest BCUT2D eigenvalue weighted by Gasteiger charge is -2.28. The summed E-state index contributed by atoms with van der Waals surface area (Å²) in [5.74, 6) is 0.503. The molecule has 3 N–H and O–H groups in total. The monoisotopic (exact) mass is 400 g/mol. The number of hydrogen-bond donors (Lipinski definition) is 3. The van der Waals surface area contributed by atoms with Crippen molar-refractivity contribution in [2.24, 2.45) is 5.92 Å². The molecule has 0 bridgehead atoms. The Kier molecular flexibility index (Phi) is 5.59. The number of hydrogen-bond acceptors (Lipinski definition) is 5. The summed E-state index contributed by atoms with van der Waals surface area (Å²) in [6.07, 6.45) is 3.19. The zero-order chi connectivity index (χ0) is 19.5. The fraction of sp³-hybridized carbons (Fsp3) is 0.450. The van der Waals surface area contributed by atoms with Crippen LogP contribution in [0.2, 0.25) is 0 Å². The van der Waals surface area contributed by atoms with Gasteiger partial charge in [0.2, 0.25) is 5.91 Å². The first-order chi connectivity index (χ1) is 13.6. The van der Waals surface area contributed by atoms with Crippen LogP contribution in [0.1, 0.15) is 31.7 Å². The molecule has 1 aromatic carbocycles. The smallest absolute Gasteiger partial charge is 0.321 e. The highest BCUT2D eigenvalue weighted by molar-refractivity contribution is 7.14. The number of amides is 3. The van der Waals surface area contributed by atoms with E-state index in [0.717, 1.165) is 55.0 Å². The van der Waals surface area contributed by atoms with E-state index < -0.39 is 0 Å². The maximum atomic E-state index is 12.3. The molecule has 28 heavy (non-hydrogen) atoms. The fourth-order valence-corrected chi connectivity index (χ4v) is 4.39. The van der Waals surface area contributed by atoms with Crippen molar-refractivity contribution in [3.63, 3.8) is 0 Å². The molecule has 7 nitrogen and oxygen atoms in total. The quantitative estimate of drug-likeness (QED) is 0.731. The number of benzene rings is 1. The standard InChI is InChI=1S/C20H24N4O3S/c1-12(13-6-8-27-9-7-13)21-19(26)24-20-23-17(11-28-20)15-2-4-16-14(10-15)3-5-18(25)22-16/h2,4,10-13H,3,5-9H2,1H3,(H,22,25)(H2,21,23,24,26). The summed E-state index contributed by atoms with van der Waals surface area (Å²) in [5.41, 5.74) is 3.78. The highest BCUT2D eigenvalue weighted by Crippen LogP contribution is 2.30. The summed E-state index contributed by atoms with van der Waals surface area (Å²) in [7, 11) is 0. The molecule has 1 fully saturated rings. The van der Waals surface area contributed by atoms with E-state index in [2.05, 4.69) is 27.0 Å². The number of rotatable bonds is 4. The van der Waals surface area contributed by atoms with E-state index in [-0.39, 0.29) is 18.0 Å². The largest absolute Gasteiger partial charge is 0.381 e. The van der Waals surface area contributed by atoms with E-state index in [1.807, 2.05) is 24.4 Å². The number of ether oxygens (including phenoxy) is 1. The number of anilines is 2. The first kappa shape index (κ1) is 18.9. The Morgan fingerprint density at radius 3 is 2.96 bits per heavy atom. The van der Waals surface area contributed by atoms with Crippen LogP contribution in [0.15, 0.2) is 23.6 Å². The van der Waals surface area contributed by atoms with Crippen LogP contribution < -0.4 is 16.0 Å². The summed E-state index contributed by atoms with van der Waals surface area (Å²) >= 11 is 1.40. The van der Waals surface area contributed by atoms with Gasteiger partial charge in [-0.3, -0.25) is 10.1 Å². The van der Waals surface area contributed by atoms with Crippen molar-refractivity contribution in [1.29, 1.82) is 0 Å². The lowest BCUT2D eigenvalue weighted by molar-refractivity contribution is -0.116. The molecule has 8 heteroatoms. The lowest BCUT2D eigenvalue weighted by atomic mass is 9.93. The highest BCUT2D eigenvalue weighted by Gasteiger charge is 2.22. The van der Waals surface area contributed by atoms with E-state index in [1.165, 1.54) is 11.3 Å². The molecule has 3 amide bonds. The molecular formula is C20H24N4O3S. The van der Waals surface area contributed by atoms with Crippen molar-refractivity contribution < 1.29 is 14.3 Å². The fourth-order valence-electron chi connectivity index (χ4n) is 3.68. The first-order valence-electron chi connectivity index (χ1n) is 9.62. The van der Waals surface area contributed by atoms with Crippen LogP contribution >= 0.6 is 11.3 Å². The van der Waals surface area contributed by atoms with Gasteiger partial charge in [0, 0.05) is 42.3 Å². The molecular weight excluding hydrogens is 376 g/mol. The summed E-state index contributed by atoms with van der Waals surface area (Å²) in [6, 6.07) is 5.78. The summed E-state index contributed by atoms with van der Waals surface area (Å²) < 4.78 is 5.38. The maximum Gasteiger partial charge on any atom is 0.321 e. The molecule has 1 aromatic heterocycles. The number of thiazole rings is 1. The Morgan fingerprint density at radius 1 is 1.32 bits per heavy atom. The molecule has 1 atom stereocenters. The van der Waals surface area contributed by atoms with Gasteiger partial charge in [-0.1, -0.05) is 6.07 Å². The molecule has 148 valence electrons. The minimum atomic E-state index is -0.229. The SMILES string of the molecule is CC(NC(=O)Nc1nc(-c2ccc3c(c2)CCC(=O)N3)cs1)C1CCOCC1. The van der Waals surface area contributed by atoms with Crippen LogP contribution in [0.3, 0.4) is 0 Å². The number of carbonyl (C=O) groups excluding carboxylic acids is 2. The second-order valence-electron chi connectivity index (χ2n) is 7.29. The predicted octanol–water partition coefficient (Wildman–Crippen LogP) is 3.63. The van der Waals surface area contributed by atoms with Crippen molar-refractivity contribution in [2.75, 3.05) is 23.8 Å². The van der Waals surface area contributed by atoms with Gasteiger partial charge in [-0.25, -0.2) is 9.78 Å². The third-order valence-electron chi connectivity index (χ3n) is 5.35. The van der Waals surface area contributed by atoms with Crippen molar-refractivity contribution in [3.05, 3.63) is 29.1 Å². The molecule has 1 saturated heterocycles. The molecule has 2 aromatic rings. The average Bonchev–Trinajstić information content (AvgIpc) is 3.16. The zero-order valence-electron chi connectivity index (χ0n) is 15.8. The average molecular weight is 401 g/mol. The molecule has 0 radical (unpaired) electrons. The molecule has 2 aliphatic heterocycles. The van der Waals surface area contributed by atoms with E-state index >= 15 is 0 Å². The van der Waals surface area contributed by atoms with Gasteiger partial charge in [0.15, 0.2) is 5.13 Å². The minimum absolute atomic E-state index is 0.0568. The van der Waals surface area contributed by atoms with E-state index in [0.29, 0.717) is 17.5 Å². The molecule has 2 aliphatic rings. The maximum absolute atomic E-state index is 12.3. The van der Waals surface area contributed by atoms with Crippen LogP contribution in [-0.4, -0.2) is 36.2 Å². The van der Waals surface area contributed by atoms with E-state index in [9.17, 15) is 9.59 Å². The molecule has 0 aliphatic carbocycles. The number of aromatic nitrogens is 1. The summed E-state index contributed by atoms with van der Waals surface area (Å²) in [6.45, 7) is 3.56. The van der Waals surface area contributed by atoms with E-state index in [4.69, 9.17) is 4.74 Å². The molecule has 1 unspecified atom stereocenters. The number of nitrogens with zero attached hydrogens (tertiary/aromatic N) is 1. The minimum Gasteiger partial charge on any atom is -0.381 e. The molecule has 3 heterocycles. The van der Waals surface area contributed by atoms with Gasteiger partial charge in [-0.15, -0.1) is 11.3 Å². The lowest BCUT2D eigenvalue weighted by Crippen LogP contribution is -2.42. The van der Waals surface area contributed by atoms with Gasteiger partial charge in [0.1, 0.15) is 0 Å². The van der Waals surface area contributed by atoms with Gasteiger partial charge in [0.25, 0.3) is 0 Å². The number of aryl methyl sites for hydroxylation is 1. The normalized spacial score (nSPS) is 18.1. The van der Waals surface area contributed by atoms with Gasteiger partial charge in [-0.2, -0.15) is 0 Å². The van der Waals surface area contributed by atoms with Crippen molar-refractivity contribution in [2.45, 2.75) is 38.6 Å². The Bertz CT molecular complexity index is 876. The molecule has 0 spiro atoms. The second kappa shape index (κ2) is 8.28. The Balaban J connectivity index is 1.37. The highest BCUT2D eigenvalue weighted by atomic mass is 32.1. The number of urea groups is 1. The first-order valence-corrected chi connectivity index (χ1v) is 10.5. The van der Waals surface area contributed by atoms with Crippen molar-refractivity contribution >= 4 is 34.1 Å². The van der Waals surface area contributed by atoms with Crippen LogP contribution in [0.25, 0.3) is 11.3 Å². The Morgan fingerprint density at radius 2 is 2.14 bits per heavy atom. The van der Waals surface area contributed by atoms with Gasteiger partial charge in [0.05, 0.1) is 5.69 Å². The third-order valence-corrected chi connectivity index (χ3v) is 6.11. The summed E-state index contributed by atoms with van der Waals surface area (Å²) in [4.78, 5) is 28.3. The topological polar surface area (TPSA) is 92.4 Å². The van der Waals surface area contributed by atoms with Gasteiger partial charge >= 0.3 is 6.03 Å². The molecule has 0 saturated carbocycles. The third kappa shape index (κ3) is 4.34. The van der Waals surface area contributed by atoms with Crippen LogP contribution in [-0.2, 0) is 16.0 Å². The Labute approximate surface area is 167 Å². The van der Waals surface area contributed by atoms with E-state index in [1.54, 1.807) is 0 Å². The van der Waals surface area contributed by atoms with Crippen LogP contribution in [0, 0.1) is 5.92 Å². The number of fused-ring (bicyclic) bond motifs is 1. The zero-order valence-corrected chi connectivity index (χ0v) is 16.6. The van der Waals surface area contributed by atoms with Crippen LogP contribution in [0.4, 0.5) is 15.6 Å². The van der Waals surface area contributed by atoms with Crippen molar-refractivity contribution in [3.8, 4) is 11.3 Å². The predicted molar refractivity (Wildman–Crippen MR) is 110 cm³/mol. The van der Waals surface area contributed by atoms with Gasteiger partial charge < -0.3 is 15.4 Å². The number of nitrogens with one attached hydrogen (secondary N) is 3. The number of carbonyl (C=O) groups is 2. The summed E-state index contributed by atoms with van der Waals surface area (Å²) in [5, 5.41) is 11.2. The molecule has 4 rings (SSSR count).